The van der Waals surface area contributed by atoms with Crippen LogP contribution < -0.4 is 0 Å². The third-order valence-corrected chi connectivity index (χ3v) is 6.11. The predicted octanol–water partition coefficient (Wildman–Crippen LogP) is 3.62. The Labute approximate surface area is 90.6 Å². The van der Waals surface area contributed by atoms with Crippen molar-refractivity contribution in [3.63, 3.8) is 0 Å². The van der Waals surface area contributed by atoms with E-state index in [0.29, 0.717) is 0 Å². The van der Waals surface area contributed by atoms with E-state index in [9.17, 15) is 0 Å². The summed E-state index contributed by atoms with van der Waals surface area (Å²) < 4.78 is 0.139. The molecule has 0 unspecified atom stereocenters. The average Bonchev–Trinajstić information content (AvgIpc) is 2.04. The molecule has 1 aliphatic heterocycles. The van der Waals surface area contributed by atoms with Crippen molar-refractivity contribution in [3.8, 4) is 11.8 Å². The van der Waals surface area contributed by atoms with Gasteiger partial charge in [-0.2, -0.15) is 0 Å². The molecule has 1 saturated heterocycles. The molecule has 74 valence electrons. The molecule has 0 bridgehead atoms. The Hall–Kier alpha value is 0.260. The van der Waals surface area contributed by atoms with Crippen molar-refractivity contribution in [1.29, 1.82) is 0 Å². The molecule has 1 heterocycles. The molecular weight excluding hydrogens is 196 g/mol. The molecule has 0 radical (unpaired) electrons. The van der Waals surface area contributed by atoms with Gasteiger partial charge in [0.15, 0.2) is 0 Å². The van der Waals surface area contributed by atoms with E-state index in [1.54, 1.807) is 0 Å². The van der Waals surface area contributed by atoms with Crippen molar-refractivity contribution in [1.82, 2.24) is 0 Å². The molecule has 0 amide bonds. The van der Waals surface area contributed by atoms with Crippen molar-refractivity contribution < 1.29 is 0 Å². The summed E-state index contributed by atoms with van der Waals surface area (Å²) in [5, 5.41) is 0. The summed E-state index contributed by atoms with van der Waals surface area (Å²) in [6, 6.07) is 0. The van der Waals surface area contributed by atoms with Gasteiger partial charge in [-0.25, -0.2) is 0 Å². The third-order valence-electron chi connectivity index (χ3n) is 2.18. The smallest absolute Gasteiger partial charge is 0.127 e. The van der Waals surface area contributed by atoms with E-state index in [4.69, 9.17) is 0 Å². The molecular formula is C11H18S2. The van der Waals surface area contributed by atoms with Crippen molar-refractivity contribution in [3.05, 3.63) is 0 Å². The van der Waals surface area contributed by atoms with E-state index >= 15 is 0 Å². The van der Waals surface area contributed by atoms with Crippen molar-refractivity contribution in [2.24, 2.45) is 5.41 Å². The first-order valence-electron chi connectivity index (χ1n) is 4.74. The van der Waals surface area contributed by atoms with Gasteiger partial charge in [0.25, 0.3) is 0 Å². The summed E-state index contributed by atoms with van der Waals surface area (Å²) in [7, 11) is 0. The number of hydrogen-bond acceptors (Lipinski definition) is 2. The molecule has 0 aromatic carbocycles. The Morgan fingerprint density at radius 3 is 2.08 bits per heavy atom. The highest BCUT2D eigenvalue weighted by atomic mass is 32.2. The van der Waals surface area contributed by atoms with Crippen LogP contribution in [-0.4, -0.2) is 15.6 Å². The molecule has 13 heavy (non-hydrogen) atoms. The molecule has 0 spiro atoms. The lowest BCUT2D eigenvalue weighted by Gasteiger charge is -2.42. The first kappa shape index (κ1) is 11.3. The van der Waals surface area contributed by atoms with E-state index in [0.717, 1.165) is 0 Å². The van der Waals surface area contributed by atoms with Gasteiger partial charge < -0.3 is 0 Å². The summed E-state index contributed by atoms with van der Waals surface area (Å²) in [6.45, 7) is 8.83. The van der Waals surface area contributed by atoms with E-state index in [1.165, 1.54) is 17.9 Å². The Morgan fingerprint density at radius 1 is 1.15 bits per heavy atom. The van der Waals surface area contributed by atoms with Crippen molar-refractivity contribution in [2.45, 2.75) is 38.2 Å². The van der Waals surface area contributed by atoms with E-state index in [1.807, 2.05) is 30.4 Å². The van der Waals surface area contributed by atoms with Crippen molar-refractivity contribution >= 4 is 23.5 Å². The highest BCUT2D eigenvalue weighted by molar-refractivity contribution is 8.19. The van der Waals surface area contributed by atoms with E-state index < -0.39 is 0 Å². The molecule has 0 aliphatic carbocycles. The maximum absolute atomic E-state index is 3.41. The van der Waals surface area contributed by atoms with Crippen LogP contribution in [0.5, 0.6) is 0 Å². The lowest BCUT2D eigenvalue weighted by atomic mass is 9.91. The zero-order valence-electron chi connectivity index (χ0n) is 8.94. The van der Waals surface area contributed by atoms with Crippen LogP contribution in [0.1, 0.15) is 34.1 Å². The van der Waals surface area contributed by atoms with Gasteiger partial charge in [0.2, 0.25) is 0 Å². The Morgan fingerprint density at radius 2 is 1.69 bits per heavy atom. The molecule has 0 aromatic rings. The fourth-order valence-electron chi connectivity index (χ4n) is 1.39. The number of thioether (sulfide) groups is 2. The van der Waals surface area contributed by atoms with Crippen LogP contribution in [0.3, 0.4) is 0 Å². The molecule has 2 heteroatoms. The van der Waals surface area contributed by atoms with E-state index in [2.05, 4.69) is 32.6 Å². The normalized spacial score (nSPS) is 21.8. The van der Waals surface area contributed by atoms with Crippen LogP contribution in [-0.2, 0) is 0 Å². The zero-order chi connectivity index (χ0) is 9.95. The maximum Gasteiger partial charge on any atom is 0.127 e. The SMILES string of the molecule is CC#CC1(C(C)(C)C)SCCCS1. The van der Waals surface area contributed by atoms with Gasteiger partial charge in [-0.05, 0) is 30.3 Å². The van der Waals surface area contributed by atoms with Crippen LogP contribution in [0.15, 0.2) is 0 Å². The maximum atomic E-state index is 3.41. The minimum atomic E-state index is 0.139. The first-order chi connectivity index (χ1) is 6.02. The van der Waals surface area contributed by atoms with E-state index in [-0.39, 0.29) is 9.49 Å². The highest BCUT2D eigenvalue weighted by Gasteiger charge is 2.42. The summed E-state index contributed by atoms with van der Waals surface area (Å²) >= 11 is 4.06. The van der Waals surface area contributed by atoms with Crippen LogP contribution in [0.25, 0.3) is 0 Å². The Balaban J connectivity index is 2.90. The molecule has 0 atom stereocenters. The number of hydrogen-bond donors (Lipinski definition) is 0. The summed E-state index contributed by atoms with van der Waals surface area (Å²) in [6.07, 6.45) is 1.33. The first-order valence-corrected chi connectivity index (χ1v) is 6.71. The monoisotopic (exact) mass is 214 g/mol. The average molecular weight is 214 g/mol. The van der Waals surface area contributed by atoms with Gasteiger partial charge in [-0.3, -0.25) is 0 Å². The lowest BCUT2D eigenvalue weighted by Crippen LogP contribution is -2.37. The zero-order valence-corrected chi connectivity index (χ0v) is 10.6. The van der Waals surface area contributed by atoms with Gasteiger partial charge >= 0.3 is 0 Å². The minimum Gasteiger partial charge on any atom is -0.131 e. The molecule has 0 aromatic heterocycles. The minimum absolute atomic E-state index is 0.139. The van der Waals surface area contributed by atoms with Gasteiger partial charge in [0.1, 0.15) is 4.08 Å². The third kappa shape index (κ3) is 2.39. The predicted molar refractivity (Wildman–Crippen MR) is 65.2 cm³/mol. The molecule has 1 rings (SSSR count). The largest absolute Gasteiger partial charge is 0.131 e. The van der Waals surface area contributed by atoms with Crippen LogP contribution in [0.2, 0.25) is 0 Å². The van der Waals surface area contributed by atoms with Crippen LogP contribution in [0.4, 0.5) is 0 Å². The second-order valence-electron chi connectivity index (χ2n) is 4.29. The molecule has 0 saturated carbocycles. The molecule has 1 aliphatic rings. The summed E-state index contributed by atoms with van der Waals surface area (Å²) in [4.78, 5) is 0. The lowest BCUT2D eigenvalue weighted by molar-refractivity contribution is 0.414. The second kappa shape index (κ2) is 4.19. The quantitative estimate of drug-likeness (QED) is 0.565. The molecule has 0 nitrogen and oxygen atoms in total. The van der Waals surface area contributed by atoms with Gasteiger partial charge in [0.05, 0.1) is 0 Å². The highest BCUT2D eigenvalue weighted by Crippen LogP contribution is 2.52. The summed E-state index contributed by atoms with van der Waals surface area (Å²) in [5.74, 6) is 9.03. The Kier molecular flexibility index (Phi) is 3.65. The van der Waals surface area contributed by atoms with Gasteiger partial charge in [-0.15, -0.1) is 29.4 Å². The van der Waals surface area contributed by atoms with Gasteiger partial charge in [-0.1, -0.05) is 26.7 Å². The standard InChI is InChI=1S/C11H18S2/c1-5-7-11(10(2,3)4)12-8-6-9-13-11/h6,8-9H2,1-4H3. The number of rotatable bonds is 0. The van der Waals surface area contributed by atoms with Crippen molar-refractivity contribution in [2.75, 3.05) is 11.5 Å². The summed E-state index contributed by atoms with van der Waals surface area (Å²) in [5.41, 5.74) is 0.270. The molecule has 1 fully saturated rings. The topological polar surface area (TPSA) is 0 Å². The fraction of sp³-hybridized carbons (Fsp3) is 0.818. The Bertz CT molecular complexity index is 221. The van der Waals surface area contributed by atoms with Crippen LogP contribution >= 0.6 is 23.5 Å². The fourth-order valence-corrected chi connectivity index (χ4v) is 4.77. The second-order valence-corrected chi connectivity index (χ2v) is 7.17. The van der Waals surface area contributed by atoms with Gasteiger partial charge in [0, 0.05) is 0 Å². The molecule has 0 N–H and O–H groups in total. The van der Waals surface area contributed by atoms with Crippen LogP contribution in [0, 0.1) is 17.3 Å².